The molecule has 110 valence electrons. The Bertz CT molecular complexity index is 491. The molecule has 0 aliphatic carbocycles. The third kappa shape index (κ3) is 4.62. The summed E-state index contributed by atoms with van der Waals surface area (Å²) in [4.78, 5) is 22.9. The number of nitrogens with two attached hydrogens (primary N) is 1. The van der Waals surface area contributed by atoms with E-state index in [-0.39, 0.29) is 30.0 Å². The van der Waals surface area contributed by atoms with Crippen LogP contribution in [0.15, 0.2) is 18.2 Å². The van der Waals surface area contributed by atoms with Gasteiger partial charge in [0.05, 0.1) is 11.6 Å². The standard InChI is InChI=1S/C14H20FN3O2/c1-3-4-10(8-16)14(20)18-13-7-11(17-9(2)19)5-6-12(13)15/h5-7,10H,3-4,8,16H2,1-2H3,(H,17,19)(H,18,20). The topological polar surface area (TPSA) is 84.2 Å². The summed E-state index contributed by atoms with van der Waals surface area (Å²) in [5, 5.41) is 5.05. The lowest BCUT2D eigenvalue weighted by Crippen LogP contribution is -2.29. The van der Waals surface area contributed by atoms with Crippen LogP contribution in [0.2, 0.25) is 0 Å². The molecule has 0 bridgehead atoms. The van der Waals surface area contributed by atoms with Crippen molar-refractivity contribution >= 4 is 23.2 Å². The number of rotatable bonds is 6. The van der Waals surface area contributed by atoms with E-state index in [1.807, 2.05) is 6.92 Å². The summed E-state index contributed by atoms with van der Waals surface area (Å²) in [6, 6.07) is 4.01. The zero-order chi connectivity index (χ0) is 15.1. The maximum Gasteiger partial charge on any atom is 0.228 e. The van der Waals surface area contributed by atoms with Crippen LogP contribution in [-0.2, 0) is 9.59 Å². The monoisotopic (exact) mass is 281 g/mol. The van der Waals surface area contributed by atoms with Crippen LogP contribution in [0.5, 0.6) is 0 Å². The van der Waals surface area contributed by atoms with Gasteiger partial charge in [-0.3, -0.25) is 9.59 Å². The molecular weight excluding hydrogens is 261 g/mol. The van der Waals surface area contributed by atoms with Crippen LogP contribution in [0, 0.1) is 11.7 Å². The third-order valence-electron chi connectivity index (χ3n) is 2.84. The summed E-state index contributed by atoms with van der Waals surface area (Å²) in [6.45, 7) is 3.52. The van der Waals surface area contributed by atoms with Crippen molar-refractivity contribution in [1.29, 1.82) is 0 Å². The van der Waals surface area contributed by atoms with Crippen molar-refractivity contribution in [2.24, 2.45) is 11.7 Å². The number of benzene rings is 1. The van der Waals surface area contributed by atoms with E-state index in [2.05, 4.69) is 10.6 Å². The number of hydrogen-bond donors (Lipinski definition) is 3. The Morgan fingerprint density at radius 3 is 2.60 bits per heavy atom. The molecule has 1 atom stereocenters. The van der Waals surface area contributed by atoms with Gasteiger partial charge in [-0.25, -0.2) is 4.39 Å². The molecule has 1 rings (SSSR count). The zero-order valence-corrected chi connectivity index (χ0v) is 11.7. The summed E-state index contributed by atoms with van der Waals surface area (Å²) in [6.07, 6.45) is 1.47. The molecule has 1 aromatic rings. The van der Waals surface area contributed by atoms with Crippen molar-refractivity contribution in [3.05, 3.63) is 24.0 Å². The number of hydrogen-bond acceptors (Lipinski definition) is 3. The number of anilines is 2. The molecule has 4 N–H and O–H groups in total. The fourth-order valence-corrected chi connectivity index (χ4v) is 1.84. The average molecular weight is 281 g/mol. The first-order valence-corrected chi connectivity index (χ1v) is 6.56. The zero-order valence-electron chi connectivity index (χ0n) is 11.7. The molecule has 0 aliphatic rings. The number of nitrogens with one attached hydrogen (secondary N) is 2. The maximum atomic E-state index is 13.7. The minimum Gasteiger partial charge on any atom is -0.330 e. The maximum absolute atomic E-state index is 13.7. The Morgan fingerprint density at radius 1 is 1.35 bits per heavy atom. The number of amides is 2. The molecule has 0 spiro atoms. The highest BCUT2D eigenvalue weighted by atomic mass is 19.1. The van der Waals surface area contributed by atoms with Crippen molar-refractivity contribution in [2.75, 3.05) is 17.2 Å². The molecule has 6 heteroatoms. The molecule has 0 fully saturated rings. The Hall–Kier alpha value is -1.95. The van der Waals surface area contributed by atoms with Crippen molar-refractivity contribution in [3.8, 4) is 0 Å². The summed E-state index contributed by atoms with van der Waals surface area (Å²) in [7, 11) is 0. The predicted molar refractivity (Wildman–Crippen MR) is 76.8 cm³/mol. The van der Waals surface area contributed by atoms with Crippen molar-refractivity contribution in [1.82, 2.24) is 0 Å². The Morgan fingerprint density at radius 2 is 2.05 bits per heavy atom. The van der Waals surface area contributed by atoms with Crippen LogP contribution in [0.25, 0.3) is 0 Å². The number of halogens is 1. The van der Waals surface area contributed by atoms with Crippen molar-refractivity contribution in [3.63, 3.8) is 0 Å². The summed E-state index contributed by atoms with van der Waals surface area (Å²) in [5.74, 6) is -1.48. The molecule has 0 saturated heterocycles. The molecule has 5 nitrogen and oxygen atoms in total. The van der Waals surface area contributed by atoms with Gasteiger partial charge in [0.25, 0.3) is 0 Å². The van der Waals surface area contributed by atoms with Crippen LogP contribution in [0.1, 0.15) is 26.7 Å². The SMILES string of the molecule is CCCC(CN)C(=O)Nc1cc(NC(C)=O)ccc1F. The van der Waals surface area contributed by atoms with Crippen LogP contribution in [0.4, 0.5) is 15.8 Å². The molecule has 2 amide bonds. The van der Waals surface area contributed by atoms with Gasteiger partial charge in [0.2, 0.25) is 11.8 Å². The van der Waals surface area contributed by atoms with Crippen LogP contribution < -0.4 is 16.4 Å². The fraction of sp³-hybridized carbons (Fsp3) is 0.429. The highest BCUT2D eigenvalue weighted by Gasteiger charge is 2.17. The van der Waals surface area contributed by atoms with Crippen LogP contribution >= 0.6 is 0 Å². The molecule has 0 radical (unpaired) electrons. The summed E-state index contributed by atoms with van der Waals surface area (Å²) < 4.78 is 13.7. The van der Waals surface area contributed by atoms with E-state index in [4.69, 9.17) is 5.73 Å². The van der Waals surface area contributed by atoms with Gasteiger partial charge >= 0.3 is 0 Å². The van der Waals surface area contributed by atoms with E-state index in [0.29, 0.717) is 12.1 Å². The largest absolute Gasteiger partial charge is 0.330 e. The van der Waals surface area contributed by atoms with Crippen LogP contribution in [0.3, 0.4) is 0 Å². The van der Waals surface area contributed by atoms with Gasteiger partial charge in [0.1, 0.15) is 5.82 Å². The minimum atomic E-state index is -0.556. The van der Waals surface area contributed by atoms with Gasteiger partial charge in [-0.15, -0.1) is 0 Å². The first kappa shape index (κ1) is 16.1. The number of carbonyl (C=O) groups is 2. The molecule has 0 aliphatic heterocycles. The Labute approximate surface area is 117 Å². The van der Waals surface area contributed by atoms with Gasteiger partial charge in [-0.05, 0) is 24.6 Å². The lowest BCUT2D eigenvalue weighted by Gasteiger charge is -2.15. The van der Waals surface area contributed by atoms with Gasteiger partial charge in [-0.1, -0.05) is 13.3 Å². The highest BCUT2D eigenvalue weighted by Crippen LogP contribution is 2.21. The predicted octanol–water partition coefficient (Wildman–Crippen LogP) is 2.10. The van der Waals surface area contributed by atoms with Gasteiger partial charge in [0.15, 0.2) is 0 Å². The first-order chi connectivity index (χ1) is 9.47. The average Bonchev–Trinajstić information content (AvgIpc) is 2.39. The normalized spacial score (nSPS) is 11.8. The Kier molecular flexibility index (Phi) is 6.11. The lowest BCUT2D eigenvalue weighted by atomic mass is 10.0. The lowest BCUT2D eigenvalue weighted by molar-refractivity contribution is -0.119. The van der Waals surface area contributed by atoms with E-state index in [1.54, 1.807) is 0 Å². The first-order valence-electron chi connectivity index (χ1n) is 6.56. The van der Waals surface area contributed by atoms with E-state index >= 15 is 0 Å². The second-order valence-corrected chi connectivity index (χ2v) is 4.59. The van der Waals surface area contributed by atoms with Crippen molar-refractivity contribution in [2.45, 2.75) is 26.7 Å². The van der Waals surface area contributed by atoms with Gasteiger partial charge in [0, 0.05) is 19.2 Å². The molecular formula is C14H20FN3O2. The minimum absolute atomic E-state index is 0.0378. The molecule has 0 saturated carbocycles. The second kappa shape index (κ2) is 7.59. The van der Waals surface area contributed by atoms with Gasteiger partial charge < -0.3 is 16.4 Å². The van der Waals surface area contributed by atoms with E-state index < -0.39 is 5.82 Å². The van der Waals surface area contributed by atoms with E-state index in [9.17, 15) is 14.0 Å². The quantitative estimate of drug-likeness (QED) is 0.746. The second-order valence-electron chi connectivity index (χ2n) is 4.59. The highest BCUT2D eigenvalue weighted by molar-refractivity contribution is 5.94. The summed E-state index contributed by atoms with van der Waals surface area (Å²) >= 11 is 0. The number of carbonyl (C=O) groups excluding carboxylic acids is 2. The fourth-order valence-electron chi connectivity index (χ4n) is 1.84. The van der Waals surface area contributed by atoms with E-state index in [0.717, 1.165) is 6.42 Å². The van der Waals surface area contributed by atoms with Gasteiger partial charge in [-0.2, -0.15) is 0 Å². The van der Waals surface area contributed by atoms with E-state index in [1.165, 1.54) is 25.1 Å². The summed E-state index contributed by atoms with van der Waals surface area (Å²) in [5.41, 5.74) is 6.00. The Balaban J connectivity index is 2.84. The molecule has 0 heterocycles. The smallest absolute Gasteiger partial charge is 0.228 e. The van der Waals surface area contributed by atoms with Crippen LogP contribution in [-0.4, -0.2) is 18.4 Å². The third-order valence-corrected chi connectivity index (χ3v) is 2.84. The molecule has 1 unspecified atom stereocenters. The van der Waals surface area contributed by atoms with Crippen molar-refractivity contribution < 1.29 is 14.0 Å². The molecule has 20 heavy (non-hydrogen) atoms. The molecule has 1 aromatic carbocycles. The molecule has 0 aromatic heterocycles.